The van der Waals surface area contributed by atoms with Crippen LogP contribution in [0.4, 0.5) is 17.6 Å². The molecule has 0 aliphatic heterocycles. The second-order valence-corrected chi connectivity index (χ2v) is 3.95. The third-order valence-electron chi connectivity index (χ3n) is 1.40. The molecule has 1 heterocycles. The standard InChI is InChI=1S/C7H4ClF4NO2S/c8-4-3(1-14)16-6(13-4)15-2-7(11,12)5(9)10/h1,5H,2H2. The van der Waals surface area contributed by atoms with Crippen molar-refractivity contribution in [1.29, 1.82) is 0 Å². The van der Waals surface area contributed by atoms with Gasteiger partial charge in [0.05, 0.1) is 0 Å². The number of rotatable bonds is 5. The lowest BCUT2D eigenvalue weighted by Crippen LogP contribution is -2.33. The maximum Gasteiger partial charge on any atom is 0.340 e. The molecule has 1 aromatic rings. The molecule has 0 aliphatic carbocycles. The predicted molar refractivity (Wildman–Crippen MR) is 49.0 cm³/mol. The van der Waals surface area contributed by atoms with E-state index in [2.05, 4.69) is 9.72 Å². The van der Waals surface area contributed by atoms with Crippen LogP contribution in [-0.4, -0.2) is 30.2 Å². The summed E-state index contributed by atoms with van der Waals surface area (Å²) in [6, 6.07) is 0. The number of hydrogen-bond acceptors (Lipinski definition) is 4. The average Bonchev–Trinajstić information content (AvgIpc) is 2.56. The molecule has 0 atom stereocenters. The Morgan fingerprint density at radius 1 is 1.56 bits per heavy atom. The molecule has 1 aromatic heterocycles. The van der Waals surface area contributed by atoms with Gasteiger partial charge in [-0.25, -0.2) is 8.78 Å². The van der Waals surface area contributed by atoms with E-state index in [4.69, 9.17) is 11.6 Å². The third-order valence-corrected chi connectivity index (χ3v) is 2.70. The van der Waals surface area contributed by atoms with E-state index >= 15 is 0 Å². The third kappa shape index (κ3) is 3.05. The number of hydrogen-bond donors (Lipinski definition) is 0. The zero-order valence-electron chi connectivity index (χ0n) is 7.42. The number of aldehydes is 1. The van der Waals surface area contributed by atoms with Gasteiger partial charge in [-0.15, -0.1) is 0 Å². The smallest absolute Gasteiger partial charge is 0.340 e. The molecular formula is C7H4ClF4NO2S. The lowest BCUT2D eigenvalue weighted by molar-refractivity contribution is -0.148. The van der Waals surface area contributed by atoms with Gasteiger partial charge in [0.15, 0.2) is 18.0 Å². The summed E-state index contributed by atoms with van der Waals surface area (Å²) in [5.74, 6) is -4.26. The number of carbonyl (C=O) groups is 1. The number of ether oxygens (including phenoxy) is 1. The van der Waals surface area contributed by atoms with E-state index in [0.717, 1.165) is 0 Å². The van der Waals surface area contributed by atoms with Crippen LogP contribution >= 0.6 is 22.9 Å². The molecular weight excluding hydrogens is 274 g/mol. The number of alkyl halides is 4. The van der Waals surface area contributed by atoms with Crippen LogP contribution in [0, 0.1) is 0 Å². The van der Waals surface area contributed by atoms with Gasteiger partial charge in [-0.3, -0.25) is 4.79 Å². The summed E-state index contributed by atoms with van der Waals surface area (Å²) in [7, 11) is 0. The Bertz CT molecular complexity index is 384. The molecule has 0 amide bonds. The van der Waals surface area contributed by atoms with Gasteiger partial charge in [0.2, 0.25) is 0 Å². The van der Waals surface area contributed by atoms with Crippen molar-refractivity contribution >= 4 is 29.2 Å². The van der Waals surface area contributed by atoms with Crippen molar-refractivity contribution < 1.29 is 27.1 Å². The van der Waals surface area contributed by atoms with Crippen LogP contribution in [0.3, 0.4) is 0 Å². The highest BCUT2D eigenvalue weighted by Gasteiger charge is 2.42. The van der Waals surface area contributed by atoms with Gasteiger partial charge in [-0.1, -0.05) is 22.9 Å². The molecule has 16 heavy (non-hydrogen) atoms. The number of carbonyl (C=O) groups excluding carboxylic acids is 1. The first-order chi connectivity index (χ1) is 7.36. The molecule has 9 heteroatoms. The van der Waals surface area contributed by atoms with Crippen molar-refractivity contribution in [3.63, 3.8) is 0 Å². The molecule has 0 bridgehead atoms. The minimum absolute atomic E-state index is 0.0166. The fraction of sp³-hybridized carbons (Fsp3) is 0.429. The monoisotopic (exact) mass is 277 g/mol. The van der Waals surface area contributed by atoms with E-state index in [-0.39, 0.29) is 15.2 Å². The summed E-state index contributed by atoms with van der Waals surface area (Å²) in [6.07, 6.45) is -3.47. The fourth-order valence-electron chi connectivity index (χ4n) is 0.650. The Kier molecular flexibility index (Phi) is 4.09. The van der Waals surface area contributed by atoms with Crippen LogP contribution < -0.4 is 4.74 Å². The molecule has 3 nitrogen and oxygen atoms in total. The number of halogens is 5. The maximum absolute atomic E-state index is 12.4. The molecule has 0 fully saturated rings. The highest BCUT2D eigenvalue weighted by Crippen LogP contribution is 2.29. The van der Waals surface area contributed by atoms with Crippen LogP contribution in [-0.2, 0) is 0 Å². The normalized spacial score (nSPS) is 11.9. The summed E-state index contributed by atoms with van der Waals surface area (Å²) in [4.78, 5) is 13.7. The Hall–Kier alpha value is -0.890. The largest absolute Gasteiger partial charge is 0.463 e. The molecule has 0 radical (unpaired) electrons. The minimum Gasteiger partial charge on any atom is -0.463 e. The van der Waals surface area contributed by atoms with E-state index in [0.29, 0.717) is 17.6 Å². The van der Waals surface area contributed by atoms with E-state index in [1.807, 2.05) is 0 Å². The average molecular weight is 278 g/mol. The van der Waals surface area contributed by atoms with E-state index < -0.39 is 19.0 Å². The van der Waals surface area contributed by atoms with E-state index in [1.165, 1.54) is 0 Å². The zero-order valence-corrected chi connectivity index (χ0v) is 9.00. The molecule has 0 unspecified atom stereocenters. The zero-order chi connectivity index (χ0) is 12.3. The molecule has 0 aliphatic rings. The van der Waals surface area contributed by atoms with Gasteiger partial charge < -0.3 is 4.74 Å². The van der Waals surface area contributed by atoms with Crippen LogP contribution in [0.15, 0.2) is 0 Å². The molecule has 0 spiro atoms. The van der Waals surface area contributed by atoms with Gasteiger partial charge in [-0.05, 0) is 0 Å². The van der Waals surface area contributed by atoms with Crippen molar-refractivity contribution in [2.75, 3.05) is 6.61 Å². The van der Waals surface area contributed by atoms with Crippen molar-refractivity contribution in [3.8, 4) is 5.19 Å². The minimum atomic E-state index is -4.26. The summed E-state index contributed by atoms with van der Waals surface area (Å²) in [5, 5.41) is -0.567. The van der Waals surface area contributed by atoms with Gasteiger partial charge in [0, 0.05) is 0 Å². The number of thiazole rings is 1. The second kappa shape index (κ2) is 4.96. The molecule has 0 saturated heterocycles. The first kappa shape index (κ1) is 13.2. The van der Waals surface area contributed by atoms with Crippen LogP contribution in [0.1, 0.15) is 9.67 Å². The van der Waals surface area contributed by atoms with E-state index in [9.17, 15) is 22.4 Å². The summed E-state index contributed by atoms with van der Waals surface area (Å²) < 4.78 is 52.6. The van der Waals surface area contributed by atoms with Crippen LogP contribution in [0.5, 0.6) is 5.19 Å². The first-order valence-electron chi connectivity index (χ1n) is 3.77. The van der Waals surface area contributed by atoms with Crippen LogP contribution in [0.25, 0.3) is 0 Å². The van der Waals surface area contributed by atoms with Gasteiger partial charge in [-0.2, -0.15) is 13.8 Å². The lowest BCUT2D eigenvalue weighted by Gasteiger charge is -2.14. The highest BCUT2D eigenvalue weighted by atomic mass is 35.5. The Labute approximate surface area is 96.0 Å². The predicted octanol–water partition coefficient (Wildman–Crippen LogP) is 2.89. The van der Waals surface area contributed by atoms with Crippen molar-refractivity contribution in [1.82, 2.24) is 4.98 Å². The quantitative estimate of drug-likeness (QED) is 0.614. The Balaban J connectivity index is 2.64. The number of nitrogens with zero attached hydrogens (tertiary/aromatic N) is 1. The second-order valence-electron chi connectivity index (χ2n) is 2.60. The van der Waals surface area contributed by atoms with Crippen molar-refractivity contribution in [2.24, 2.45) is 0 Å². The molecule has 1 rings (SSSR count). The maximum atomic E-state index is 12.4. The molecule has 90 valence electrons. The summed E-state index contributed by atoms with van der Waals surface area (Å²) >= 11 is 6.01. The van der Waals surface area contributed by atoms with Crippen LogP contribution in [0.2, 0.25) is 5.15 Å². The van der Waals surface area contributed by atoms with Crippen molar-refractivity contribution in [3.05, 3.63) is 10.0 Å². The number of aromatic nitrogens is 1. The topological polar surface area (TPSA) is 39.2 Å². The summed E-state index contributed by atoms with van der Waals surface area (Å²) in [5.41, 5.74) is 0. The molecule has 0 aromatic carbocycles. The van der Waals surface area contributed by atoms with Crippen molar-refractivity contribution in [2.45, 2.75) is 12.3 Å². The van der Waals surface area contributed by atoms with Gasteiger partial charge >= 0.3 is 12.3 Å². The van der Waals surface area contributed by atoms with E-state index in [1.54, 1.807) is 0 Å². The SMILES string of the molecule is O=Cc1sc(OCC(F)(F)C(F)F)nc1Cl. The summed E-state index contributed by atoms with van der Waals surface area (Å²) in [6.45, 7) is -1.52. The molecule has 0 N–H and O–H groups in total. The van der Waals surface area contributed by atoms with Gasteiger partial charge in [0.25, 0.3) is 5.19 Å². The Morgan fingerprint density at radius 2 is 2.19 bits per heavy atom. The molecule has 0 saturated carbocycles. The highest BCUT2D eigenvalue weighted by molar-refractivity contribution is 7.15. The van der Waals surface area contributed by atoms with Gasteiger partial charge in [0.1, 0.15) is 4.88 Å². The lowest BCUT2D eigenvalue weighted by atomic mass is 10.4. The fourth-order valence-corrected chi connectivity index (χ4v) is 1.56. The first-order valence-corrected chi connectivity index (χ1v) is 4.96. The Morgan fingerprint density at radius 3 is 2.62 bits per heavy atom.